The zero-order valence-electron chi connectivity index (χ0n) is 4.72. The van der Waals surface area contributed by atoms with E-state index in [0.29, 0.717) is 6.61 Å². The summed E-state index contributed by atoms with van der Waals surface area (Å²) in [6.07, 6.45) is 1.23. The van der Waals surface area contributed by atoms with Crippen molar-refractivity contribution in [3.63, 3.8) is 0 Å². The number of rotatable bonds is 4. The van der Waals surface area contributed by atoms with Gasteiger partial charge in [-0.05, 0) is 13.0 Å². The molecule has 0 spiro atoms. The standard InChI is InChI=1S/C6H9O2/c1-3-6(7)5-8-4-2/h3H,1-2,4-5H2. The molecule has 0 rings (SSSR count). The summed E-state index contributed by atoms with van der Waals surface area (Å²) in [5, 5.41) is 0. The van der Waals surface area contributed by atoms with Crippen molar-refractivity contribution in [3.8, 4) is 0 Å². The first-order chi connectivity index (χ1) is 3.81. The highest BCUT2D eigenvalue weighted by Gasteiger charge is 1.90. The van der Waals surface area contributed by atoms with Gasteiger partial charge in [0.2, 0.25) is 0 Å². The minimum Gasteiger partial charge on any atom is -0.373 e. The van der Waals surface area contributed by atoms with Crippen LogP contribution in [-0.2, 0) is 9.53 Å². The fourth-order valence-corrected chi connectivity index (χ4v) is 0.232. The minimum atomic E-state index is -0.103. The van der Waals surface area contributed by atoms with Crippen molar-refractivity contribution in [2.24, 2.45) is 0 Å². The van der Waals surface area contributed by atoms with Gasteiger partial charge in [0.25, 0.3) is 0 Å². The summed E-state index contributed by atoms with van der Waals surface area (Å²) in [5.41, 5.74) is 0. The molecule has 45 valence electrons. The first kappa shape index (κ1) is 7.37. The van der Waals surface area contributed by atoms with Crippen LogP contribution in [0, 0.1) is 6.92 Å². The zero-order valence-corrected chi connectivity index (χ0v) is 4.72. The number of carbonyl (C=O) groups is 1. The van der Waals surface area contributed by atoms with Gasteiger partial charge < -0.3 is 4.74 Å². The molecule has 0 heterocycles. The van der Waals surface area contributed by atoms with Gasteiger partial charge >= 0.3 is 0 Å². The normalized spacial score (nSPS) is 8.62. The number of hydrogen-bond acceptors (Lipinski definition) is 2. The Bertz CT molecular complexity index is 86.5. The first-order valence-corrected chi connectivity index (χ1v) is 2.33. The molecule has 0 aliphatic rings. The van der Waals surface area contributed by atoms with Crippen LogP contribution in [0.3, 0.4) is 0 Å². The third-order valence-corrected chi connectivity index (χ3v) is 0.616. The van der Waals surface area contributed by atoms with E-state index in [2.05, 4.69) is 18.2 Å². The van der Waals surface area contributed by atoms with Gasteiger partial charge in [-0.25, -0.2) is 0 Å². The molecule has 0 unspecified atom stereocenters. The van der Waals surface area contributed by atoms with Gasteiger partial charge in [-0.1, -0.05) is 6.58 Å². The molecule has 2 nitrogen and oxygen atoms in total. The highest BCUT2D eigenvalue weighted by atomic mass is 16.5. The zero-order chi connectivity index (χ0) is 6.41. The molecular formula is C6H9O2. The molecule has 0 fully saturated rings. The summed E-state index contributed by atoms with van der Waals surface area (Å²) in [6, 6.07) is 0. The molecule has 0 N–H and O–H groups in total. The van der Waals surface area contributed by atoms with Gasteiger partial charge in [0.05, 0.1) is 0 Å². The maximum Gasteiger partial charge on any atom is 0.180 e. The van der Waals surface area contributed by atoms with E-state index in [4.69, 9.17) is 0 Å². The van der Waals surface area contributed by atoms with E-state index >= 15 is 0 Å². The van der Waals surface area contributed by atoms with E-state index in [9.17, 15) is 4.79 Å². The van der Waals surface area contributed by atoms with Crippen LogP contribution in [0.1, 0.15) is 0 Å². The van der Waals surface area contributed by atoms with Crippen LogP contribution in [0.15, 0.2) is 12.7 Å². The molecule has 8 heavy (non-hydrogen) atoms. The van der Waals surface area contributed by atoms with Crippen molar-refractivity contribution in [2.75, 3.05) is 13.2 Å². The second-order valence-electron chi connectivity index (χ2n) is 1.22. The molecule has 0 saturated carbocycles. The molecular weight excluding hydrogens is 104 g/mol. The number of carbonyl (C=O) groups excluding carboxylic acids is 1. The Labute approximate surface area is 49.1 Å². The maximum atomic E-state index is 10.3. The molecule has 0 amide bonds. The highest BCUT2D eigenvalue weighted by molar-refractivity contribution is 5.90. The van der Waals surface area contributed by atoms with Crippen molar-refractivity contribution in [1.29, 1.82) is 0 Å². The van der Waals surface area contributed by atoms with Crippen molar-refractivity contribution in [3.05, 3.63) is 19.6 Å². The Hall–Kier alpha value is -0.630. The first-order valence-electron chi connectivity index (χ1n) is 2.33. The maximum absolute atomic E-state index is 10.3. The van der Waals surface area contributed by atoms with Gasteiger partial charge in [0.15, 0.2) is 5.78 Å². The van der Waals surface area contributed by atoms with Crippen molar-refractivity contribution >= 4 is 5.78 Å². The largest absolute Gasteiger partial charge is 0.373 e. The second kappa shape index (κ2) is 4.53. The van der Waals surface area contributed by atoms with Gasteiger partial charge in [-0.2, -0.15) is 0 Å². The molecule has 0 bridgehead atoms. The number of ketones is 1. The van der Waals surface area contributed by atoms with Crippen molar-refractivity contribution in [1.82, 2.24) is 0 Å². The summed E-state index contributed by atoms with van der Waals surface area (Å²) in [6.45, 7) is 7.08. The molecule has 0 aliphatic carbocycles. The minimum absolute atomic E-state index is 0.103. The van der Waals surface area contributed by atoms with E-state index in [-0.39, 0.29) is 12.4 Å². The Balaban J connectivity index is 3.11. The summed E-state index contributed by atoms with van der Waals surface area (Å²) in [7, 11) is 0. The average Bonchev–Trinajstić information content (AvgIpc) is 1.83. The Morgan fingerprint density at radius 1 is 1.75 bits per heavy atom. The van der Waals surface area contributed by atoms with Gasteiger partial charge in [-0.3, -0.25) is 4.79 Å². The van der Waals surface area contributed by atoms with Crippen molar-refractivity contribution in [2.45, 2.75) is 0 Å². The Morgan fingerprint density at radius 2 is 2.38 bits per heavy atom. The van der Waals surface area contributed by atoms with Crippen LogP contribution in [0.2, 0.25) is 0 Å². The topological polar surface area (TPSA) is 26.3 Å². The summed E-state index contributed by atoms with van der Waals surface area (Å²) >= 11 is 0. The smallest absolute Gasteiger partial charge is 0.180 e. The number of ether oxygens (including phenoxy) is 1. The SMILES string of the molecule is [CH2]COCC(=O)C=C. The predicted molar refractivity (Wildman–Crippen MR) is 31.4 cm³/mol. The van der Waals surface area contributed by atoms with Crippen LogP contribution in [0.25, 0.3) is 0 Å². The van der Waals surface area contributed by atoms with Gasteiger partial charge in [0, 0.05) is 6.61 Å². The van der Waals surface area contributed by atoms with Crippen LogP contribution in [0.5, 0.6) is 0 Å². The molecule has 0 aliphatic heterocycles. The van der Waals surface area contributed by atoms with E-state index in [0.717, 1.165) is 0 Å². The molecule has 0 atom stereocenters. The lowest BCUT2D eigenvalue weighted by molar-refractivity contribution is -0.118. The molecule has 0 aromatic rings. The summed E-state index contributed by atoms with van der Waals surface area (Å²) in [5.74, 6) is -0.103. The summed E-state index contributed by atoms with van der Waals surface area (Å²) < 4.78 is 4.65. The lowest BCUT2D eigenvalue weighted by Gasteiger charge is -1.92. The predicted octanol–water partition coefficient (Wildman–Crippen LogP) is 0.592. The average molecular weight is 113 g/mol. The van der Waals surface area contributed by atoms with Crippen LogP contribution in [-0.4, -0.2) is 19.0 Å². The molecule has 1 radical (unpaired) electrons. The molecule has 0 aromatic heterocycles. The fourth-order valence-electron chi connectivity index (χ4n) is 0.232. The lowest BCUT2D eigenvalue weighted by atomic mass is 10.4. The van der Waals surface area contributed by atoms with Gasteiger partial charge in [-0.15, -0.1) is 0 Å². The molecule has 0 aromatic carbocycles. The van der Waals surface area contributed by atoms with E-state index < -0.39 is 0 Å². The lowest BCUT2D eigenvalue weighted by Crippen LogP contribution is -2.03. The van der Waals surface area contributed by atoms with Crippen LogP contribution < -0.4 is 0 Å². The molecule has 0 saturated heterocycles. The third kappa shape index (κ3) is 3.56. The van der Waals surface area contributed by atoms with Crippen LogP contribution in [0.4, 0.5) is 0 Å². The summed E-state index contributed by atoms with van der Waals surface area (Å²) in [4.78, 5) is 10.3. The molecule has 2 heteroatoms. The van der Waals surface area contributed by atoms with E-state index in [1.165, 1.54) is 6.08 Å². The Morgan fingerprint density at radius 3 is 2.75 bits per heavy atom. The monoisotopic (exact) mass is 113 g/mol. The second-order valence-corrected chi connectivity index (χ2v) is 1.22. The number of hydrogen-bond donors (Lipinski definition) is 0. The van der Waals surface area contributed by atoms with Crippen molar-refractivity contribution < 1.29 is 9.53 Å². The quantitative estimate of drug-likeness (QED) is 0.499. The van der Waals surface area contributed by atoms with Crippen LogP contribution >= 0.6 is 0 Å². The Kier molecular flexibility index (Phi) is 4.17. The van der Waals surface area contributed by atoms with E-state index in [1.807, 2.05) is 0 Å². The third-order valence-electron chi connectivity index (χ3n) is 0.616. The van der Waals surface area contributed by atoms with E-state index in [1.54, 1.807) is 0 Å². The van der Waals surface area contributed by atoms with Gasteiger partial charge in [0.1, 0.15) is 6.61 Å². The highest BCUT2D eigenvalue weighted by Crippen LogP contribution is 1.75. The fraction of sp³-hybridized carbons (Fsp3) is 0.333.